The van der Waals surface area contributed by atoms with Gasteiger partial charge in [-0.1, -0.05) is 26.2 Å². The Morgan fingerprint density at radius 1 is 1.00 bits per heavy atom. The quantitative estimate of drug-likeness (QED) is 0.818. The molecule has 0 aromatic carbocycles. The largest absolute Gasteiger partial charge is 0.328 e. The minimum absolute atomic E-state index is 0.480. The van der Waals surface area contributed by atoms with Crippen molar-refractivity contribution in [1.29, 1.82) is 0 Å². The molecule has 2 unspecified atom stereocenters. The Morgan fingerprint density at radius 2 is 1.65 bits per heavy atom. The van der Waals surface area contributed by atoms with Crippen LogP contribution in [0.1, 0.15) is 64.7 Å². The zero-order chi connectivity index (χ0) is 12.3. The third kappa shape index (κ3) is 3.23. The number of nitrogens with two attached hydrogens (primary N) is 1. The summed E-state index contributed by atoms with van der Waals surface area (Å²) in [6.45, 7) is 2.37. The average molecular weight is 238 g/mol. The highest BCUT2D eigenvalue weighted by molar-refractivity contribution is 4.87. The van der Waals surface area contributed by atoms with E-state index in [4.69, 9.17) is 5.73 Å². The van der Waals surface area contributed by atoms with Crippen molar-refractivity contribution in [2.45, 2.75) is 82.8 Å². The standard InChI is InChI=1S/C15H30N2/c1-3-12-6-4-5-7-15(12)17(2)14-10-8-13(16)9-11-14/h12-15H,3-11,16H2,1-2H3. The Morgan fingerprint density at radius 3 is 2.29 bits per heavy atom. The molecule has 17 heavy (non-hydrogen) atoms. The summed E-state index contributed by atoms with van der Waals surface area (Å²) in [7, 11) is 2.38. The Hall–Kier alpha value is -0.0800. The molecule has 2 nitrogen and oxygen atoms in total. The SMILES string of the molecule is CCC1CCCCC1N(C)C1CCC(N)CC1. The van der Waals surface area contributed by atoms with E-state index in [9.17, 15) is 0 Å². The van der Waals surface area contributed by atoms with Crippen molar-refractivity contribution in [2.75, 3.05) is 7.05 Å². The zero-order valence-corrected chi connectivity index (χ0v) is 11.7. The first-order valence-electron chi connectivity index (χ1n) is 7.70. The van der Waals surface area contributed by atoms with Crippen LogP contribution < -0.4 is 5.73 Å². The first-order chi connectivity index (χ1) is 8.22. The van der Waals surface area contributed by atoms with E-state index in [1.807, 2.05) is 0 Å². The van der Waals surface area contributed by atoms with Gasteiger partial charge in [0, 0.05) is 18.1 Å². The van der Waals surface area contributed by atoms with Gasteiger partial charge in [0.15, 0.2) is 0 Å². The average Bonchev–Trinajstić information content (AvgIpc) is 2.39. The van der Waals surface area contributed by atoms with Gasteiger partial charge in [-0.3, -0.25) is 0 Å². The van der Waals surface area contributed by atoms with Crippen molar-refractivity contribution in [3.05, 3.63) is 0 Å². The van der Waals surface area contributed by atoms with E-state index in [0.29, 0.717) is 6.04 Å². The molecule has 2 heteroatoms. The third-order valence-electron chi connectivity index (χ3n) is 5.23. The fourth-order valence-corrected chi connectivity index (χ4v) is 3.98. The summed E-state index contributed by atoms with van der Waals surface area (Å²) in [5, 5.41) is 0. The molecule has 0 bridgehead atoms. The van der Waals surface area contributed by atoms with Gasteiger partial charge in [0.05, 0.1) is 0 Å². The smallest absolute Gasteiger partial charge is 0.0123 e. The molecule has 2 N–H and O–H groups in total. The molecular formula is C15H30N2. The van der Waals surface area contributed by atoms with Gasteiger partial charge >= 0.3 is 0 Å². The second kappa shape index (κ2) is 6.19. The van der Waals surface area contributed by atoms with E-state index >= 15 is 0 Å². The maximum atomic E-state index is 6.01. The Balaban J connectivity index is 1.90. The number of hydrogen-bond acceptors (Lipinski definition) is 2. The molecule has 0 aromatic heterocycles. The Kier molecular flexibility index (Phi) is 4.87. The van der Waals surface area contributed by atoms with Crippen molar-refractivity contribution < 1.29 is 0 Å². The number of nitrogens with zero attached hydrogens (tertiary/aromatic N) is 1. The summed E-state index contributed by atoms with van der Waals surface area (Å²) in [5.41, 5.74) is 6.01. The topological polar surface area (TPSA) is 29.3 Å². The van der Waals surface area contributed by atoms with Gasteiger partial charge in [0.1, 0.15) is 0 Å². The predicted molar refractivity (Wildman–Crippen MR) is 74.0 cm³/mol. The van der Waals surface area contributed by atoms with Gasteiger partial charge in [-0.15, -0.1) is 0 Å². The highest BCUT2D eigenvalue weighted by Gasteiger charge is 2.32. The first kappa shape index (κ1) is 13.4. The fraction of sp³-hybridized carbons (Fsp3) is 1.00. The van der Waals surface area contributed by atoms with Crippen molar-refractivity contribution in [2.24, 2.45) is 11.7 Å². The van der Waals surface area contributed by atoms with E-state index in [2.05, 4.69) is 18.9 Å². The lowest BCUT2D eigenvalue weighted by Crippen LogP contribution is -2.47. The van der Waals surface area contributed by atoms with Gasteiger partial charge in [-0.05, 0) is 51.5 Å². The summed E-state index contributed by atoms with van der Waals surface area (Å²) in [4.78, 5) is 2.72. The van der Waals surface area contributed by atoms with Crippen LogP contribution in [0.15, 0.2) is 0 Å². The summed E-state index contributed by atoms with van der Waals surface area (Å²) in [6.07, 6.45) is 12.3. The molecule has 0 saturated heterocycles. The van der Waals surface area contributed by atoms with Crippen molar-refractivity contribution in [3.63, 3.8) is 0 Å². The summed E-state index contributed by atoms with van der Waals surface area (Å²) in [5.74, 6) is 0.948. The van der Waals surface area contributed by atoms with Crippen LogP contribution in [0, 0.1) is 5.92 Å². The highest BCUT2D eigenvalue weighted by atomic mass is 15.2. The molecule has 0 amide bonds. The molecular weight excluding hydrogens is 208 g/mol. The van der Waals surface area contributed by atoms with Gasteiger partial charge in [-0.2, -0.15) is 0 Å². The van der Waals surface area contributed by atoms with Crippen molar-refractivity contribution in [1.82, 2.24) is 4.90 Å². The second-order valence-electron chi connectivity index (χ2n) is 6.25. The monoisotopic (exact) mass is 238 g/mol. The zero-order valence-electron chi connectivity index (χ0n) is 11.7. The van der Waals surface area contributed by atoms with E-state index in [1.165, 1.54) is 57.8 Å². The minimum Gasteiger partial charge on any atom is -0.328 e. The maximum absolute atomic E-state index is 6.01. The van der Waals surface area contributed by atoms with Gasteiger partial charge < -0.3 is 10.6 Å². The number of rotatable bonds is 3. The summed E-state index contributed by atoms with van der Waals surface area (Å²) >= 11 is 0. The molecule has 2 rings (SSSR count). The summed E-state index contributed by atoms with van der Waals surface area (Å²) in [6, 6.07) is 2.15. The van der Waals surface area contributed by atoms with E-state index in [-0.39, 0.29) is 0 Å². The third-order valence-corrected chi connectivity index (χ3v) is 5.23. The van der Waals surface area contributed by atoms with Gasteiger partial charge in [-0.25, -0.2) is 0 Å². The van der Waals surface area contributed by atoms with Crippen LogP contribution in [-0.2, 0) is 0 Å². The van der Waals surface area contributed by atoms with Crippen LogP contribution in [0.25, 0.3) is 0 Å². The normalized spacial score (nSPS) is 39.5. The van der Waals surface area contributed by atoms with E-state index < -0.39 is 0 Å². The van der Waals surface area contributed by atoms with E-state index in [0.717, 1.165) is 18.0 Å². The van der Waals surface area contributed by atoms with Gasteiger partial charge in [0.2, 0.25) is 0 Å². The summed E-state index contributed by atoms with van der Waals surface area (Å²) < 4.78 is 0. The molecule has 0 radical (unpaired) electrons. The molecule has 2 atom stereocenters. The van der Waals surface area contributed by atoms with Gasteiger partial charge in [0.25, 0.3) is 0 Å². The minimum atomic E-state index is 0.480. The van der Waals surface area contributed by atoms with Crippen LogP contribution in [-0.4, -0.2) is 30.1 Å². The lowest BCUT2D eigenvalue weighted by atomic mass is 9.80. The van der Waals surface area contributed by atoms with Crippen LogP contribution in [0.3, 0.4) is 0 Å². The molecule has 100 valence electrons. The molecule has 0 spiro atoms. The molecule has 2 fully saturated rings. The second-order valence-corrected chi connectivity index (χ2v) is 6.25. The molecule has 0 aromatic rings. The maximum Gasteiger partial charge on any atom is 0.0123 e. The predicted octanol–water partition coefficient (Wildman–Crippen LogP) is 3.16. The van der Waals surface area contributed by atoms with Crippen molar-refractivity contribution in [3.8, 4) is 0 Å². The van der Waals surface area contributed by atoms with Crippen LogP contribution in [0.2, 0.25) is 0 Å². The molecule has 2 aliphatic rings. The highest BCUT2D eigenvalue weighted by Crippen LogP contribution is 2.33. The molecule has 0 heterocycles. The number of hydrogen-bond donors (Lipinski definition) is 1. The van der Waals surface area contributed by atoms with Crippen LogP contribution in [0.4, 0.5) is 0 Å². The first-order valence-corrected chi connectivity index (χ1v) is 7.70. The molecule has 0 aliphatic heterocycles. The molecule has 2 saturated carbocycles. The Bertz CT molecular complexity index is 221. The Labute approximate surface area is 107 Å². The lowest BCUT2D eigenvalue weighted by molar-refractivity contribution is 0.0667. The van der Waals surface area contributed by atoms with Crippen LogP contribution in [0.5, 0.6) is 0 Å². The van der Waals surface area contributed by atoms with Crippen molar-refractivity contribution >= 4 is 0 Å². The lowest BCUT2D eigenvalue weighted by Gasteiger charge is -2.43. The fourth-order valence-electron chi connectivity index (χ4n) is 3.98. The molecule has 2 aliphatic carbocycles. The van der Waals surface area contributed by atoms with Crippen LogP contribution >= 0.6 is 0 Å². The van der Waals surface area contributed by atoms with E-state index in [1.54, 1.807) is 0 Å².